The molecule has 0 radical (unpaired) electrons. The van der Waals surface area contributed by atoms with Crippen LogP contribution in [-0.2, 0) is 21.2 Å². The standard InChI is InChI=1S/C14H15NO3S2/c16-14(10-4-6-12-7-5-11-19-12)15-20(17,18)13-8-2-1-3-9-13/h1-3,5,7-9,11H,4,6,10H2,(H,15,16). The second-order valence-electron chi connectivity index (χ2n) is 4.27. The highest BCUT2D eigenvalue weighted by Crippen LogP contribution is 2.12. The predicted molar refractivity (Wildman–Crippen MR) is 79.0 cm³/mol. The first-order valence-corrected chi connectivity index (χ1v) is 8.57. The van der Waals surface area contributed by atoms with Gasteiger partial charge in [-0.1, -0.05) is 24.3 Å². The van der Waals surface area contributed by atoms with Crippen LogP contribution in [0.25, 0.3) is 0 Å². The van der Waals surface area contributed by atoms with Gasteiger partial charge in [-0.15, -0.1) is 11.3 Å². The molecule has 1 heterocycles. The maximum absolute atomic E-state index is 11.9. The molecule has 0 aliphatic rings. The summed E-state index contributed by atoms with van der Waals surface area (Å²) in [7, 11) is -3.74. The zero-order chi connectivity index (χ0) is 14.4. The largest absolute Gasteiger partial charge is 0.274 e. The number of carbonyl (C=O) groups is 1. The fraction of sp³-hybridized carbons (Fsp3) is 0.214. The van der Waals surface area contributed by atoms with Crippen LogP contribution in [0.5, 0.6) is 0 Å². The quantitative estimate of drug-likeness (QED) is 0.892. The molecule has 0 bridgehead atoms. The van der Waals surface area contributed by atoms with Crippen LogP contribution in [0.15, 0.2) is 52.7 Å². The third-order valence-corrected chi connectivity index (χ3v) is 5.03. The van der Waals surface area contributed by atoms with Gasteiger partial charge in [-0.3, -0.25) is 4.79 Å². The second kappa shape index (κ2) is 6.67. The van der Waals surface area contributed by atoms with E-state index in [4.69, 9.17) is 0 Å². The summed E-state index contributed by atoms with van der Waals surface area (Å²) in [5, 5.41) is 1.98. The molecule has 2 rings (SSSR count). The smallest absolute Gasteiger partial charge is 0.264 e. The molecule has 6 heteroatoms. The van der Waals surface area contributed by atoms with Crippen molar-refractivity contribution in [1.82, 2.24) is 4.72 Å². The summed E-state index contributed by atoms with van der Waals surface area (Å²) in [6, 6.07) is 11.8. The average molecular weight is 309 g/mol. The van der Waals surface area contributed by atoms with Gasteiger partial charge in [0, 0.05) is 11.3 Å². The van der Waals surface area contributed by atoms with Crippen molar-refractivity contribution < 1.29 is 13.2 Å². The lowest BCUT2D eigenvalue weighted by Crippen LogP contribution is -2.30. The monoisotopic (exact) mass is 309 g/mol. The van der Waals surface area contributed by atoms with Gasteiger partial charge in [0.05, 0.1) is 4.90 Å². The topological polar surface area (TPSA) is 63.2 Å². The highest BCUT2D eigenvalue weighted by Gasteiger charge is 2.16. The molecule has 0 unspecified atom stereocenters. The van der Waals surface area contributed by atoms with Gasteiger partial charge in [0.1, 0.15) is 0 Å². The fourth-order valence-electron chi connectivity index (χ4n) is 1.74. The van der Waals surface area contributed by atoms with Crippen LogP contribution in [0.3, 0.4) is 0 Å². The van der Waals surface area contributed by atoms with Crippen LogP contribution in [0.4, 0.5) is 0 Å². The lowest BCUT2D eigenvalue weighted by molar-refractivity contribution is -0.119. The predicted octanol–water partition coefficient (Wildman–Crippen LogP) is 2.58. The van der Waals surface area contributed by atoms with Gasteiger partial charge in [0.15, 0.2) is 0 Å². The van der Waals surface area contributed by atoms with Crippen LogP contribution >= 0.6 is 11.3 Å². The van der Waals surface area contributed by atoms with Crippen LogP contribution in [0.1, 0.15) is 17.7 Å². The highest BCUT2D eigenvalue weighted by atomic mass is 32.2. The molecule has 106 valence electrons. The normalized spacial score (nSPS) is 11.2. The van der Waals surface area contributed by atoms with E-state index in [2.05, 4.69) is 4.72 Å². The molecule has 1 aromatic heterocycles. The van der Waals surface area contributed by atoms with E-state index in [0.717, 1.165) is 6.42 Å². The Hall–Kier alpha value is -1.66. The number of nitrogens with one attached hydrogen (secondary N) is 1. The Bertz CT molecular complexity index is 649. The van der Waals surface area contributed by atoms with Gasteiger partial charge >= 0.3 is 0 Å². The van der Waals surface area contributed by atoms with Crippen LogP contribution in [0.2, 0.25) is 0 Å². The number of amides is 1. The van der Waals surface area contributed by atoms with E-state index < -0.39 is 15.9 Å². The molecule has 0 spiro atoms. The summed E-state index contributed by atoms with van der Waals surface area (Å²) < 4.78 is 25.9. The summed E-state index contributed by atoms with van der Waals surface area (Å²) in [5.74, 6) is -0.467. The Kier molecular flexibility index (Phi) is 4.92. The first-order chi connectivity index (χ1) is 9.58. The number of aryl methyl sites for hydroxylation is 1. The lowest BCUT2D eigenvalue weighted by atomic mass is 10.2. The number of benzene rings is 1. The summed E-state index contributed by atoms with van der Waals surface area (Å²) in [6.07, 6.45) is 1.62. The van der Waals surface area contributed by atoms with Crippen molar-refractivity contribution in [3.8, 4) is 0 Å². The van der Waals surface area contributed by atoms with Gasteiger partial charge in [-0.2, -0.15) is 0 Å². The molecule has 0 saturated carbocycles. The number of rotatable bonds is 6. The van der Waals surface area contributed by atoms with Gasteiger partial charge in [-0.05, 0) is 36.4 Å². The Labute approximate surface area is 122 Å². The molecule has 1 amide bonds. The van der Waals surface area contributed by atoms with Crippen LogP contribution < -0.4 is 4.72 Å². The molecule has 0 saturated heterocycles. The van der Waals surface area contributed by atoms with Gasteiger partial charge in [0.25, 0.3) is 10.0 Å². The third-order valence-electron chi connectivity index (χ3n) is 2.71. The van der Waals surface area contributed by atoms with E-state index in [1.807, 2.05) is 17.5 Å². The molecule has 0 atom stereocenters. The van der Waals surface area contributed by atoms with E-state index in [0.29, 0.717) is 6.42 Å². The molecule has 0 aliphatic carbocycles. The number of thiophene rings is 1. The van der Waals surface area contributed by atoms with E-state index in [1.54, 1.807) is 29.5 Å². The first kappa shape index (κ1) is 14.7. The minimum Gasteiger partial charge on any atom is -0.274 e. The average Bonchev–Trinajstić information content (AvgIpc) is 2.92. The number of hydrogen-bond acceptors (Lipinski definition) is 4. The highest BCUT2D eigenvalue weighted by molar-refractivity contribution is 7.90. The summed E-state index contributed by atoms with van der Waals surface area (Å²) in [4.78, 5) is 13.0. The maximum Gasteiger partial charge on any atom is 0.264 e. The Morgan fingerprint density at radius 2 is 1.85 bits per heavy atom. The Balaban J connectivity index is 1.85. The van der Waals surface area contributed by atoms with Gasteiger partial charge < -0.3 is 0 Å². The second-order valence-corrected chi connectivity index (χ2v) is 6.99. The molecule has 2 aromatic rings. The lowest BCUT2D eigenvalue weighted by Gasteiger charge is -2.06. The molecule has 1 aromatic carbocycles. The molecule has 0 fully saturated rings. The van der Waals surface area contributed by atoms with Crippen molar-refractivity contribution in [3.63, 3.8) is 0 Å². The first-order valence-electron chi connectivity index (χ1n) is 6.21. The van der Waals surface area contributed by atoms with E-state index in [9.17, 15) is 13.2 Å². The van der Waals surface area contributed by atoms with Crippen LogP contribution in [-0.4, -0.2) is 14.3 Å². The molecule has 4 nitrogen and oxygen atoms in total. The van der Waals surface area contributed by atoms with Crippen molar-refractivity contribution in [2.75, 3.05) is 0 Å². The minimum absolute atomic E-state index is 0.103. The van der Waals surface area contributed by atoms with Crippen molar-refractivity contribution >= 4 is 27.3 Å². The molecule has 20 heavy (non-hydrogen) atoms. The Morgan fingerprint density at radius 3 is 2.50 bits per heavy atom. The number of carbonyl (C=O) groups excluding carboxylic acids is 1. The summed E-state index contributed by atoms with van der Waals surface area (Å²) in [6.45, 7) is 0. The fourth-order valence-corrected chi connectivity index (χ4v) is 3.52. The Morgan fingerprint density at radius 1 is 1.10 bits per heavy atom. The van der Waals surface area contributed by atoms with Gasteiger partial charge in [-0.25, -0.2) is 13.1 Å². The van der Waals surface area contributed by atoms with Gasteiger partial charge in [0.2, 0.25) is 5.91 Å². The molecule has 1 N–H and O–H groups in total. The zero-order valence-electron chi connectivity index (χ0n) is 10.8. The number of sulfonamides is 1. The number of hydrogen-bond donors (Lipinski definition) is 1. The molecular weight excluding hydrogens is 294 g/mol. The van der Waals surface area contributed by atoms with Crippen molar-refractivity contribution in [2.24, 2.45) is 0 Å². The van der Waals surface area contributed by atoms with Crippen LogP contribution in [0, 0.1) is 0 Å². The molecular formula is C14H15NO3S2. The maximum atomic E-state index is 11.9. The van der Waals surface area contributed by atoms with E-state index in [1.165, 1.54) is 17.0 Å². The van der Waals surface area contributed by atoms with Crippen molar-refractivity contribution in [3.05, 3.63) is 52.7 Å². The van der Waals surface area contributed by atoms with Crippen molar-refractivity contribution in [1.29, 1.82) is 0 Å². The van der Waals surface area contributed by atoms with Crippen molar-refractivity contribution in [2.45, 2.75) is 24.2 Å². The summed E-state index contributed by atoms with van der Waals surface area (Å²) >= 11 is 1.63. The zero-order valence-corrected chi connectivity index (χ0v) is 12.4. The minimum atomic E-state index is -3.74. The SMILES string of the molecule is O=C(CCCc1cccs1)NS(=O)(=O)c1ccccc1. The van der Waals surface area contributed by atoms with E-state index in [-0.39, 0.29) is 11.3 Å². The third kappa shape index (κ3) is 4.18. The summed E-state index contributed by atoms with van der Waals surface area (Å²) in [5.41, 5.74) is 0. The van der Waals surface area contributed by atoms with E-state index >= 15 is 0 Å². The molecule has 0 aliphatic heterocycles.